The van der Waals surface area contributed by atoms with E-state index in [1.54, 1.807) is 63.4 Å². The second-order valence-electron chi connectivity index (χ2n) is 8.01. The molecular weight excluding hydrogens is 415 g/mol. The molecule has 0 fully saturated rings. The zero-order chi connectivity index (χ0) is 23.5. The minimum atomic E-state index is -1.31. The minimum absolute atomic E-state index is 0.0649. The maximum Gasteiger partial charge on any atom is 0.317 e. The fourth-order valence-corrected chi connectivity index (χ4v) is 3.43. The van der Waals surface area contributed by atoms with Crippen LogP contribution in [-0.2, 0) is 14.3 Å². The standard InChI is InChI=1S/C23H25FN4O4/c1-23(2,13-18(29)32-4)27-22(31)26-20-21(30)28(3)17-12-8-6-10-15(17)19(25-20)14-9-5-7-11-16(14)24/h5-12,20H,13H2,1-4H3,(H2,26,27,31). The molecule has 0 bridgehead atoms. The van der Waals surface area contributed by atoms with Crippen molar-refractivity contribution in [1.29, 1.82) is 0 Å². The van der Waals surface area contributed by atoms with Gasteiger partial charge in [0.25, 0.3) is 5.91 Å². The van der Waals surface area contributed by atoms with Crippen molar-refractivity contribution in [1.82, 2.24) is 10.6 Å². The van der Waals surface area contributed by atoms with Gasteiger partial charge in [-0.3, -0.25) is 9.59 Å². The number of esters is 1. The number of rotatable bonds is 5. The van der Waals surface area contributed by atoms with Gasteiger partial charge in [0.15, 0.2) is 0 Å². The van der Waals surface area contributed by atoms with Crippen LogP contribution in [0, 0.1) is 5.82 Å². The van der Waals surface area contributed by atoms with E-state index in [1.807, 2.05) is 0 Å². The van der Waals surface area contributed by atoms with Crippen molar-refractivity contribution in [2.24, 2.45) is 4.99 Å². The summed E-state index contributed by atoms with van der Waals surface area (Å²) in [5.41, 5.74) is 0.619. The second-order valence-corrected chi connectivity index (χ2v) is 8.01. The highest BCUT2D eigenvalue weighted by Gasteiger charge is 2.33. The van der Waals surface area contributed by atoms with E-state index in [0.717, 1.165) is 0 Å². The predicted octanol–water partition coefficient (Wildman–Crippen LogP) is 2.61. The molecule has 32 heavy (non-hydrogen) atoms. The molecule has 8 nitrogen and oxygen atoms in total. The molecule has 0 aromatic heterocycles. The Morgan fingerprint density at radius 1 is 1.12 bits per heavy atom. The van der Waals surface area contributed by atoms with Gasteiger partial charge >= 0.3 is 12.0 Å². The van der Waals surface area contributed by atoms with Gasteiger partial charge in [0, 0.05) is 23.7 Å². The van der Waals surface area contributed by atoms with E-state index in [2.05, 4.69) is 20.4 Å². The lowest BCUT2D eigenvalue weighted by molar-refractivity contribution is -0.141. The second kappa shape index (κ2) is 9.17. The number of ether oxygens (including phenoxy) is 1. The Labute approximate surface area is 185 Å². The molecule has 2 N–H and O–H groups in total. The lowest BCUT2D eigenvalue weighted by atomic mass is 10.00. The maximum absolute atomic E-state index is 14.6. The van der Waals surface area contributed by atoms with Crippen LogP contribution in [0.3, 0.4) is 0 Å². The van der Waals surface area contributed by atoms with Gasteiger partial charge in [0.1, 0.15) is 5.82 Å². The van der Waals surface area contributed by atoms with Crippen LogP contribution in [0.15, 0.2) is 53.5 Å². The molecule has 2 aromatic rings. The molecule has 0 saturated heterocycles. The summed E-state index contributed by atoms with van der Waals surface area (Å²) in [6.45, 7) is 3.29. The number of carbonyl (C=O) groups excluding carboxylic acids is 3. The normalized spacial score (nSPS) is 15.9. The van der Waals surface area contributed by atoms with E-state index in [-0.39, 0.29) is 17.7 Å². The number of anilines is 1. The van der Waals surface area contributed by atoms with E-state index in [1.165, 1.54) is 18.1 Å². The monoisotopic (exact) mass is 440 g/mol. The molecule has 2 aromatic carbocycles. The highest BCUT2D eigenvalue weighted by molar-refractivity contribution is 6.20. The summed E-state index contributed by atoms with van der Waals surface area (Å²) >= 11 is 0. The molecule has 1 heterocycles. The van der Waals surface area contributed by atoms with Crippen molar-refractivity contribution < 1.29 is 23.5 Å². The van der Waals surface area contributed by atoms with Crippen molar-refractivity contribution in [3.8, 4) is 0 Å². The number of likely N-dealkylation sites (N-methyl/N-ethyl adjacent to an activating group) is 1. The van der Waals surface area contributed by atoms with Crippen LogP contribution in [0.4, 0.5) is 14.9 Å². The number of methoxy groups -OCH3 is 1. The zero-order valence-corrected chi connectivity index (χ0v) is 18.3. The van der Waals surface area contributed by atoms with Crippen LogP contribution in [0.5, 0.6) is 0 Å². The van der Waals surface area contributed by atoms with E-state index in [9.17, 15) is 18.8 Å². The zero-order valence-electron chi connectivity index (χ0n) is 18.3. The van der Waals surface area contributed by atoms with Crippen LogP contribution in [0.25, 0.3) is 0 Å². The molecule has 0 radical (unpaired) electrons. The van der Waals surface area contributed by atoms with Crippen LogP contribution >= 0.6 is 0 Å². The number of benzodiazepines with no additional fused rings is 1. The van der Waals surface area contributed by atoms with Crippen LogP contribution in [0.2, 0.25) is 0 Å². The van der Waals surface area contributed by atoms with Gasteiger partial charge in [-0.25, -0.2) is 14.2 Å². The largest absolute Gasteiger partial charge is 0.469 e. The lowest BCUT2D eigenvalue weighted by Crippen LogP contribution is -2.54. The van der Waals surface area contributed by atoms with E-state index >= 15 is 0 Å². The SMILES string of the molecule is COC(=O)CC(C)(C)NC(=O)NC1N=C(c2ccccc2F)c2ccccc2N(C)C1=O. The van der Waals surface area contributed by atoms with Gasteiger partial charge in [-0.05, 0) is 32.0 Å². The Bertz CT molecular complexity index is 1080. The Kier molecular flexibility index (Phi) is 6.57. The van der Waals surface area contributed by atoms with E-state index < -0.39 is 35.4 Å². The van der Waals surface area contributed by atoms with Gasteiger partial charge in [0.05, 0.1) is 24.9 Å². The first-order valence-corrected chi connectivity index (χ1v) is 9.98. The number of nitrogens with one attached hydrogen (secondary N) is 2. The van der Waals surface area contributed by atoms with Crippen LogP contribution in [-0.4, -0.2) is 49.5 Å². The number of hydrogen-bond donors (Lipinski definition) is 2. The van der Waals surface area contributed by atoms with Gasteiger partial charge in [-0.1, -0.05) is 30.3 Å². The third-order valence-electron chi connectivity index (χ3n) is 5.01. The third kappa shape index (κ3) is 4.93. The fraction of sp³-hybridized carbons (Fsp3) is 0.304. The number of carbonyl (C=O) groups is 3. The highest BCUT2D eigenvalue weighted by atomic mass is 19.1. The van der Waals surface area contributed by atoms with Crippen molar-refractivity contribution in [2.45, 2.75) is 32.0 Å². The molecule has 0 aliphatic carbocycles. The number of halogens is 1. The summed E-state index contributed by atoms with van der Waals surface area (Å²) in [6.07, 6.45) is -1.37. The van der Waals surface area contributed by atoms with Gasteiger partial charge in [-0.15, -0.1) is 0 Å². The first kappa shape index (κ1) is 22.9. The molecule has 3 rings (SSSR count). The third-order valence-corrected chi connectivity index (χ3v) is 5.01. The number of para-hydroxylation sites is 1. The lowest BCUT2D eigenvalue weighted by Gasteiger charge is -2.26. The molecule has 1 aliphatic rings. The topological polar surface area (TPSA) is 100 Å². The van der Waals surface area contributed by atoms with E-state index in [4.69, 9.17) is 0 Å². The van der Waals surface area contributed by atoms with Crippen molar-refractivity contribution >= 4 is 29.3 Å². The van der Waals surface area contributed by atoms with Crippen molar-refractivity contribution in [3.05, 3.63) is 65.5 Å². The number of fused-ring (bicyclic) bond motifs is 1. The smallest absolute Gasteiger partial charge is 0.317 e. The molecule has 1 atom stereocenters. The first-order chi connectivity index (χ1) is 15.1. The first-order valence-electron chi connectivity index (χ1n) is 9.98. The van der Waals surface area contributed by atoms with Gasteiger partial charge < -0.3 is 20.3 Å². The molecule has 168 valence electrons. The average Bonchev–Trinajstić information content (AvgIpc) is 2.84. The Morgan fingerprint density at radius 3 is 2.41 bits per heavy atom. The number of aliphatic imine (C=N–C) groups is 1. The average molecular weight is 440 g/mol. The summed E-state index contributed by atoms with van der Waals surface area (Å²) in [7, 11) is 2.82. The molecule has 1 aliphatic heterocycles. The van der Waals surface area contributed by atoms with Gasteiger partial charge in [-0.2, -0.15) is 0 Å². The molecular formula is C23H25FN4O4. The van der Waals surface area contributed by atoms with Crippen LogP contribution < -0.4 is 15.5 Å². The Morgan fingerprint density at radius 2 is 1.75 bits per heavy atom. The summed E-state index contributed by atoms with van der Waals surface area (Å²) in [5, 5.41) is 5.18. The number of urea groups is 1. The minimum Gasteiger partial charge on any atom is -0.469 e. The number of nitrogens with zero attached hydrogens (tertiary/aromatic N) is 2. The van der Waals surface area contributed by atoms with Crippen molar-refractivity contribution in [2.75, 3.05) is 19.1 Å². The van der Waals surface area contributed by atoms with E-state index in [0.29, 0.717) is 11.3 Å². The number of amides is 3. The Balaban J connectivity index is 1.97. The molecule has 9 heteroatoms. The van der Waals surface area contributed by atoms with Crippen LogP contribution in [0.1, 0.15) is 31.4 Å². The maximum atomic E-state index is 14.6. The number of hydrogen-bond acceptors (Lipinski definition) is 5. The molecule has 3 amide bonds. The highest BCUT2D eigenvalue weighted by Crippen LogP contribution is 2.28. The fourth-order valence-electron chi connectivity index (χ4n) is 3.43. The predicted molar refractivity (Wildman–Crippen MR) is 118 cm³/mol. The Hall–Kier alpha value is -3.75. The quantitative estimate of drug-likeness (QED) is 0.698. The van der Waals surface area contributed by atoms with Gasteiger partial charge in [0.2, 0.25) is 6.17 Å². The summed E-state index contributed by atoms with van der Waals surface area (Å²) < 4.78 is 19.3. The molecule has 0 spiro atoms. The summed E-state index contributed by atoms with van der Waals surface area (Å²) in [4.78, 5) is 43.2. The number of benzene rings is 2. The molecule has 1 unspecified atom stereocenters. The van der Waals surface area contributed by atoms with Crippen molar-refractivity contribution in [3.63, 3.8) is 0 Å². The summed E-state index contributed by atoms with van der Waals surface area (Å²) in [6, 6.07) is 12.4. The molecule has 0 saturated carbocycles. The summed E-state index contributed by atoms with van der Waals surface area (Å²) in [5.74, 6) is -1.49.